The van der Waals surface area contributed by atoms with E-state index in [0.717, 1.165) is 16.9 Å². The third-order valence-electron chi connectivity index (χ3n) is 3.68. The van der Waals surface area contributed by atoms with Gasteiger partial charge < -0.3 is 9.84 Å². The van der Waals surface area contributed by atoms with Gasteiger partial charge in [-0.1, -0.05) is 25.1 Å². The quantitative estimate of drug-likeness (QED) is 0.689. The smallest absolute Gasteiger partial charge is 0.347 e. The molecule has 0 spiro atoms. The summed E-state index contributed by atoms with van der Waals surface area (Å²) >= 11 is 1.16. The Morgan fingerprint density at radius 1 is 1.20 bits per heavy atom. The van der Waals surface area contributed by atoms with Gasteiger partial charge in [-0.3, -0.25) is 0 Å². The minimum atomic E-state index is -0.953. The third kappa shape index (κ3) is 3.85. The molecule has 0 aliphatic carbocycles. The Balaban J connectivity index is 1.74. The van der Waals surface area contributed by atoms with Crippen LogP contribution in [0.1, 0.15) is 27.9 Å². The van der Waals surface area contributed by atoms with E-state index in [1.54, 1.807) is 30.3 Å². The number of hydrogen-bond acceptors (Lipinski definition) is 4. The molecule has 0 radical (unpaired) electrons. The molecular formula is C19H16FNO3S. The minimum absolute atomic E-state index is 0.145. The number of carbonyl (C=O) groups is 1. The van der Waals surface area contributed by atoms with Crippen LogP contribution in [0.3, 0.4) is 0 Å². The lowest BCUT2D eigenvalue weighted by atomic mass is 10.2. The topological polar surface area (TPSA) is 59.4 Å². The number of benzene rings is 2. The first-order valence-electron chi connectivity index (χ1n) is 7.78. The molecule has 1 aromatic heterocycles. The Morgan fingerprint density at radius 3 is 2.52 bits per heavy atom. The molecule has 128 valence electrons. The highest BCUT2D eigenvalue weighted by atomic mass is 32.1. The highest BCUT2D eigenvalue weighted by Crippen LogP contribution is 2.30. The van der Waals surface area contributed by atoms with Crippen molar-refractivity contribution < 1.29 is 19.0 Å². The molecular weight excluding hydrogens is 341 g/mol. The van der Waals surface area contributed by atoms with E-state index in [0.29, 0.717) is 28.4 Å². The molecule has 0 aliphatic rings. The van der Waals surface area contributed by atoms with E-state index in [4.69, 9.17) is 4.74 Å². The van der Waals surface area contributed by atoms with Crippen LogP contribution < -0.4 is 4.74 Å². The summed E-state index contributed by atoms with van der Waals surface area (Å²) in [5, 5.41) is 9.88. The first kappa shape index (κ1) is 17.1. The first-order valence-corrected chi connectivity index (χ1v) is 8.59. The van der Waals surface area contributed by atoms with Gasteiger partial charge in [0, 0.05) is 11.1 Å². The Hall–Kier alpha value is -2.73. The predicted octanol–water partition coefficient (Wildman–Crippen LogP) is 4.79. The lowest BCUT2D eigenvalue weighted by molar-refractivity contribution is 0.0701. The van der Waals surface area contributed by atoms with Crippen LogP contribution in [-0.2, 0) is 13.0 Å². The van der Waals surface area contributed by atoms with Gasteiger partial charge in [-0.2, -0.15) is 0 Å². The highest BCUT2D eigenvalue weighted by molar-refractivity contribution is 7.17. The Bertz CT molecular complexity index is 890. The predicted molar refractivity (Wildman–Crippen MR) is 94.6 cm³/mol. The second-order valence-corrected chi connectivity index (χ2v) is 6.36. The van der Waals surface area contributed by atoms with Crippen molar-refractivity contribution >= 4 is 17.3 Å². The molecule has 4 nitrogen and oxygen atoms in total. The van der Waals surface area contributed by atoms with Crippen molar-refractivity contribution in [1.29, 1.82) is 0 Å². The molecule has 6 heteroatoms. The number of aromatic carboxylic acids is 1. The number of thiazole rings is 1. The van der Waals surface area contributed by atoms with Gasteiger partial charge in [-0.15, -0.1) is 11.3 Å². The summed E-state index contributed by atoms with van der Waals surface area (Å²) in [6.45, 7) is 2.03. The van der Waals surface area contributed by atoms with Gasteiger partial charge in [0.2, 0.25) is 0 Å². The van der Waals surface area contributed by atoms with Crippen LogP contribution in [0, 0.1) is 5.82 Å². The molecule has 0 unspecified atom stereocenters. The molecule has 2 aromatic carbocycles. The fourth-order valence-corrected chi connectivity index (χ4v) is 3.35. The Kier molecular flexibility index (Phi) is 5.09. The van der Waals surface area contributed by atoms with Gasteiger partial charge in [0.1, 0.15) is 28.1 Å². The van der Waals surface area contributed by atoms with Crippen LogP contribution in [0.5, 0.6) is 5.75 Å². The number of carboxylic acid groups (broad SMARTS) is 1. The Labute approximate surface area is 148 Å². The molecule has 0 aliphatic heterocycles. The highest BCUT2D eigenvalue weighted by Gasteiger charge is 2.16. The molecule has 1 heterocycles. The van der Waals surface area contributed by atoms with E-state index >= 15 is 0 Å². The van der Waals surface area contributed by atoms with Gasteiger partial charge in [0.05, 0.1) is 5.69 Å². The number of aryl methyl sites for hydroxylation is 1. The normalized spacial score (nSPS) is 10.6. The van der Waals surface area contributed by atoms with Crippen molar-refractivity contribution in [3.8, 4) is 16.3 Å². The molecule has 0 fully saturated rings. The van der Waals surface area contributed by atoms with Crippen molar-refractivity contribution in [2.75, 3.05) is 0 Å². The molecule has 0 saturated heterocycles. The van der Waals surface area contributed by atoms with Crippen LogP contribution in [0.2, 0.25) is 0 Å². The SMILES string of the molecule is CCc1nc(-c2ccc(OCc3ccccc3F)cc2)sc1C(=O)O. The van der Waals surface area contributed by atoms with E-state index in [1.165, 1.54) is 6.07 Å². The zero-order valence-corrected chi connectivity index (χ0v) is 14.3. The van der Waals surface area contributed by atoms with Crippen molar-refractivity contribution in [2.24, 2.45) is 0 Å². The van der Waals surface area contributed by atoms with E-state index in [-0.39, 0.29) is 17.3 Å². The zero-order chi connectivity index (χ0) is 17.8. The lowest BCUT2D eigenvalue weighted by Crippen LogP contribution is -1.98. The summed E-state index contributed by atoms with van der Waals surface area (Å²) in [5.74, 6) is -0.640. The number of aromatic nitrogens is 1. The molecule has 25 heavy (non-hydrogen) atoms. The average molecular weight is 357 g/mol. The van der Waals surface area contributed by atoms with Crippen molar-refractivity contribution in [2.45, 2.75) is 20.0 Å². The number of nitrogens with zero attached hydrogens (tertiary/aromatic N) is 1. The average Bonchev–Trinajstić information content (AvgIpc) is 3.06. The molecule has 3 rings (SSSR count). The van der Waals surface area contributed by atoms with E-state index in [9.17, 15) is 14.3 Å². The Morgan fingerprint density at radius 2 is 1.92 bits per heavy atom. The molecule has 3 aromatic rings. The van der Waals surface area contributed by atoms with Crippen LogP contribution >= 0.6 is 11.3 Å². The van der Waals surface area contributed by atoms with Gasteiger partial charge in [-0.25, -0.2) is 14.2 Å². The number of rotatable bonds is 6. The van der Waals surface area contributed by atoms with Crippen molar-refractivity contribution in [3.05, 3.63) is 70.5 Å². The van der Waals surface area contributed by atoms with Gasteiger partial charge in [0.25, 0.3) is 0 Å². The molecule has 1 N–H and O–H groups in total. The van der Waals surface area contributed by atoms with E-state index in [1.807, 2.05) is 19.1 Å². The van der Waals surface area contributed by atoms with Crippen LogP contribution in [0.15, 0.2) is 48.5 Å². The number of ether oxygens (including phenoxy) is 1. The minimum Gasteiger partial charge on any atom is -0.489 e. The summed E-state index contributed by atoms with van der Waals surface area (Å²) in [4.78, 5) is 15.9. The monoisotopic (exact) mass is 357 g/mol. The summed E-state index contributed by atoms with van der Waals surface area (Å²) < 4.78 is 19.2. The number of hydrogen-bond donors (Lipinski definition) is 1. The second-order valence-electron chi connectivity index (χ2n) is 5.36. The maximum atomic E-state index is 13.6. The van der Waals surface area contributed by atoms with Gasteiger partial charge in [0.15, 0.2) is 0 Å². The van der Waals surface area contributed by atoms with Crippen molar-refractivity contribution in [1.82, 2.24) is 4.98 Å². The van der Waals surface area contributed by atoms with Crippen LogP contribution in [0.4, 0.5) is 4.39 Å². The lowest BCUT2D eigenvalue weighted by Gasteiger charge is -2.07. The number of halogens is 1. The summed E-state index contributed by atoms with van der Waals surface area (Å²) in [6.07, 6.45) is 0.571. The fraction of sp³-hybridized carbons (Fsp3) is 0.158. The molecule has 0 atom stereocenters. The first-order chi connectivity index (χ1) is 12.1. The number of carboxylic acids is 1. The van der Waals surface area contributed by atoms with E-state index < -0.39 is 5.97 Å². The summed E-state index contributed by atoms with van der Waals surface area (Å²) in [6, 6.07) is 13.7. The van der Waals surface area contributed by atoms with Crippen molar-refractivity contribution in [3.63, 3.8) is 0 Å². The second kappa shape index (κ2) is 7.44. The fourth-order valence-electron chi connectivity index (χ4n) is 2.35. The molecule has 0 amide bonds. The van der Waals surface area contributed by atoms with E-state index in [2.05, 4.69) is 4.98 Å². The maximum absolute atomic E-state index is 13.6. The standard InChI is InChI=1S/C19H16FNO3S/c1-2-16-17(19(22)23)25-18(21-16)12-7-9-14(10-8-12)24-11-13-5-3-4-6-15(13)20/h3-10H,2,11H2,1H3,(H,22,23). The zero-order valence-electron chi connectivity index (χ0n) is 13.5. The van der Waals surface area contributed by atoms with Gasteiger partial charge >= 0.3 is 5.97 Å². The third-order valence-corrected chi connectivity index (χ3v) is 4.81. The largest absolute Gasteiger partial charge is 0.489 e. The van der Waals surface area contributed by atoms with Gasteiger partial charge in [-0.05, 0) is 36.8 Å². The molecule has 0 bridgehead atoms. The maximum Gasteiger partial charge on any atom is 0.347 e. The van der Waals surface area contributed by atoms with Crippen LogP contribution in [-0.4, -0.2) is 16.1 Å². The summed E-state index contributed by atoms with van der Waals surface area (Å²) in [5.41, 5.74) is 1.91. The summed E-state index contributed by atoms with van der Waals surface area (Å²) in [7, 11) is 0. The van der Waals surface area contributed by atoms with Crippen LogP contribution in [0.25, 0.3) is 10.6 Å². The molecule has 0 saturated carbocycles.